The van der Waals surface area contributed by atoms with Crippen LogP contribution in [-0.2, 0) is 4.74 Å². The van der Waals surface area contributed by atoms with Gasteiger partial charge in [-0.1, -0.05) is 0 Å². The molecule has 0 N–H and O–H groups in total. The number of piperidine rings is 1. The molecule has 16 heavy (non-hydrogen) atoms. The van der Waals surface area contributed by atoms with E-state index in [1.807, 2.05) is 0 Å². The molecular formula is C11H21Cl2NO2. The zero-order valence-corrected chi connectivity index (χ0v) is 12.1. The molecule has 0 spiro atoms. The third-order valence-corrected chi connectivity index (χ3v) is 3.90. The molecule has 1 saturated heterocycles. The maximum atomic E-state index is 10.8. The number of hydrogen-bond donors (Lipinski definition) is 0. The van der Waals surface area contributed by atoms with Crippen molar-refractivity contribution in [1.82, 2.24) is 4.90 Å². The smallest absolute Gasteiger partial charge is 0.404 e. The fourth-order valence-electron chi connectivity index (χ4n) is 2.32. The average molecular weight is 270 g/mol. The van der Waals surface area contributed by atoms with Crippen LogP contribution in [0, 0.1) is 0 Å². The van der Waals surface area contributed by atoms with Crippen LogP contribution < -0.4 is 0 Å². The van der Waals surface area contributed by atoms with Crippen molar-refractivity contribution in [3.63, 3.8) is 0 Å². The summed E-state index contributed by atoms with van der Waals surface area (Å²) in [5, 5.41) is 0. The van der Waals surface area contributed by atoms with Crippen LogP contribution in [0.1, 0.15) is 40.5 Å². The summed E-state index contributed by atoms with van der Waals surface area (Å²) in [5.41, 5.74) is -0.744. The van der Waals surface area contributed by atoms with Crippen molar-refractivity contribution in [2.24, 2.45) is 0 Å². The summed E-state index contributed by atoms with van der Waals surface area (Å²) in [4.78, 5) is 13.1. The highest BCUT2D eigenvalue weighted by atomic mass is 35.5. The molecule has 1 heterocycles. The van der Waals surface area contributed by atoms with Gasteiger partial charge in [0, 0.05) is 17.1 Å². The maximum Gasteiger partial charge on any atom is 0.404 e. The van der Waals surface area contributed by atoms with E-state index in [4.69, 9.17) is 16.3 Å². The number of nitrogens with zero attached hydrogens (tertiary/aromatic N) is 1. The normalized spacial score (nSPS) is 28.0. The van der Waals surface area contributed by atoms with E-state index >= 15 is 0 Å². The molecule has 1 atom stereocenters. The van der Waals surface area contributed by atoms with Crippen molar-refractivity contribution in [2.75, 3.05) is 7.05 Å². The van der Waals surface area contributed by atoms with Crippen LogP contribution in [-0.4, -0.2) is 34.6 Å². The van der Waals surface area contributed by atoms with E-state index in [-0.39, 0.29) is 29.6 Å². The molecule has 0 bridgehead atoms. The van der Waals surface area contributed by atoms with Crippen LogP contribution in [0.3, 0.4) is 0 Å². The number of carbonyl (C=O) groups excluding carboxylic acids is 1. The molecule has 1 aliphatic heterocycles. The fourth-order valence-corrected chi connectivity index (χ4v) is 2.42. The standard InChI is InChI=1S/C11H20ClNO2.ClH/c1-10(2)7-6-8(15-9(12)14)11(3,4)13(10)5;/h8H,6-7H2,1-5H3;1H. The van der Waals surface area contributed by atoms with Crippen LogP contribution in [0.2, 0.25) is 0 Å². The maximum absolute atomic E-state index is 10.8. The third kappa shape index (κ3) is 3.02. The van der Waals surface area contributed by atoms with Gasteiger partial charge in [-0.15, -0.1) is 12.4 Å². The number of ether oxygens (including phenoxy) is 1. The molecule has 1 aliphatic rings. The second-order valence-corrected chi connectivity index (χ2v) is 5.72. The Kier molecular flexibility index (Phi) is 5.11. The zero-order valence-electron chi connectivity index (χ0n) is 10.5. The van der Waals surface area contributed by atoms with Crippen molar-refractivity contribution in [3.8, 4) is 0 Å². The molecule has 0 aliphatic carbocycles. The van der Waals surface area contributed by atoms with Gasteiger partial charge in [-0.05, 0) is 47.6 Å². The second kappa shape index (κ2) is 5.11. The minimum absolute atomic E-state index is 0. The highest BCUT2D eigenvalue weighted by Gasteiger charge is 2.46. The first-order chi connectivity index (χ1) is 6.68. The molecule has 0 aromatic heterocycles. The van der Waals surface area contributed by atoms with Crippen molar-refractivity contribution >= 4 is 29.4 Å². The van der Waals surface area contributed by atoms with E-state index in [1.54, 1.807) is 0 Å². The first kappa shape index (κ1) is 16.0. The summed E-state index contributed by atoms with van der Waals surface area (Å²) in [6.07, 6.45) is 1.74. The minimum Gasteiger partial charge on any atom is -0.448 e. The number of likely N-dealkylation sites (N-methyl/N-ethyl adjacent to an activating group) is 1. The molecular weight excluding hydrogens is 249 g/mol. The van der Waals surface area contributed by atoms with Crippen LogP contribution in [0.15, 0.2) is 0 Å². The van der Waals surface area contributed by atoms with Crippen LogP contribution in [0.25, 0.3) is 0 Å². The van der Waals surface area contributed by atoms with Gasteiger partial charge >= 0.3 is 5.43 Å². The lowest BCUT2D eigenvalue weighted by Gasteiger charge is -2.53. The van der Waals surface area contributed by atoms with Gasteiger partial charge in [-0.2, -0.15) is 0 Å². The Morgan fingerprint density at radius 2 is 1.88 bits per heavy atom. The Hall–Kier alpha value is 0.01000. The molecule has 0 radical (unpaired) electrons. The van der Waals surface area contributed by atoms with Crippen LogP contribution in [0.4, 0.5) is 4.79 Å². The van der Waals surface area contributed by atoms with E-state index in [2.05, 4.69) is 39.6 Å². The summed E-state index contributed by atoms with van der Waals surface area (Å²) in [5.74, 6) is 0. The molecule has 96 valence electrons. The predicted molar refractivity (Wildman–Crippen MR) is 68.5 cm³/mol. The van der Waals surface area contributed by atoms with Gasteiger partial charge < -0.3 is 4.74 Å². The van der Waals surface area contributed by atoms with Crippen LogP contribution >= 0.6 is 24.0 Å². The van der Waals surface area contributed by atoms with Crippen LogP contribution in [0.5, 0.6) is 0 Å². The van der Waals surface area contributed by atoms with E-state index < -0.39 is 5.43 Å². The molecule has 5 heteroatoms. The van der Waals surface area contributed by atoms with Gasteiger partial charge in [-0.3, -0.25) is 4.90 Å². The number of halogens is 2. The van der Waals surface area contributed by atoms with Gasteiger partial charge in [0.15, 0.2) is 0 Å². The highest BCUT2D eigenvalue weighted by Crippen LogP contribution is 2.38. The highest BCUT2D eigenvalue weighted by molar-refractivity contribution is 6.61. The van der Waals surface area contributed by atoms with Gasteiger partial charge in [0.25, 0.3) is 0 Å². The SMILES string of the molecule is CN1C(C)(C)CCC(OC(=O)Cl)C1(C)C.Cl. The lowest BCUT2D eigenvalue weighted by molar-refractivity contribution is -0.0886. The largest absolute Gasteiger partial charge is 0.448 e. The lowest BCUT2D eigenvalue weighted by atomic mass is 9.78. The Bertz CT molecular complexity index is 267. The molecule has 0 aromatic carbocycles. The quantitative estimate of drug-likeness (QED) is 0.683. The molecule has 1 fully saturated rings. The third-order valence-electron chi connectivity index (χ3n) is 3.81. The number of likely N-dealkylation sites (tertiary alicyclic amines) is 1. The number of rotatable bonds is 1. The second-order valence-electron chi connectivity index (χ2n) is 5.41. The first-order valence-electron chi connectivity index (χ1n) is 5.28. The van der Waals surface area contributed by atoms with Crippen molar-refractivity contribution in [1.29, 1.82) is 0 Å². The summed E-state index contributed by atoms with van der Waals surface area (Å²) in [7, 11) is 2.06. The van der Waals surface area contributed by atoms with Crippen molar-refractivity contribution in [3.05, 3.63) is 0 Å². The zero-order chi connectivity index (χ0) is 11.9. The van der Waals surface area contributed by atoms with Gasteiger partial charge in [0.2, 0.25) is 0 Å². The molecule has 0 saturated carbocycles. The Morgan fingerprint density at radius 3 is 2.31 bits per heavy atom. The molecule has 1 unspecified atom stereocenters. The van der Waals surface area contributed by atoms with Crippen molar-refractivity contribution in [2.45, 2.75) is 57.7 Å². The van der Waals surface area contributed by atoms with E-state index in [9.17, 15) is 4.79 Å². The summed E-state index contributed by atoms with van der Waals surface area (Å²) in [6, 6.07) is 0. The summed E-state index contributed by atoms with van der Waals surface area (Å²) >= 11 is 5.28. The molecule has 0 amide bonds. The summed E-state index contributed by atoms with van der Waals surface area (Å²) < 4.78 is 5.16. The molecule has 0 aromatic rings. The van der Waals surface area contributed by atoms with E-state index in [1.165, 1.54) is 0 Å². The molecule has 1 rings (SSSR count). The fraction of sp³-hybridized carbons (Fsp3) is 0.909. The summed E-state index contributed by atoms with van der Waals surface area (Å²) in [6.45, 7) is 8.57. The number of carbonyl (C=O) groups is 1. The van der Waals surface area contributed by atoms with Gasteiger partial charge in [0.1, 0.15) is 6.10 Å². The average Bonchev–Trinajstić information content (AvgIpc) is 2.08. The molecule has 3 nitrogen and oxygen atoms in total. The van der Waals surface area contributed by atoms with E-state index in [0.717, 1.165) is 12.8 Å². The predicted octanol–water partition coefficient (Wildman–Crippen LogP) is 3.44. The Labute approximate surface area is 109 Å². The first-order valence-corrected chi connectivity index (χ1v) is 5.66. The van der Waals surface area contributed by atoms with E-state index in [0.29, 0.717) is 0 Å². The number of hydrogen-bond acceptors (Lipinski definition) is 3. The van der Waals surface area contributed by atoms with Gasteiger partial charge in [-0.25, -0.2) is 4.79 Å². The van der Waals surface area contributed by atoms with Crippen molar-refractivity contribution < 1.29 is 9.53 Å². The monoisotopic (exact) mass is 269 g/mol. The van der Waals surface area contributed by atoms with Gasteiger partial charge in [0.05, 0.1) is 5.54 Å². The Morgan fingerprint density at radius 1 is 1.38 bits per heavy atom. The Balaban J connectivity index is 0.00000225. The lowest BCUT2D eigenvalue weighted by Crippen LogP contribution is -2.63. The minimum atomic E-state index is -0.707. The topological polar surface area (TPSA) is 29.5 Å².